The van der Waals surface area contributed by atoms with Gasteiger partial charge in [-0.3, -0.25) is 9.48 Å². The van der Waals surface area contributed by atoms with Crippen LogP contribution in [0.4, 0.5) is 0 Å². The molecule has 4 heterocycles. The molecule has 0 aromatic carbocycles. The van der Waals surface area contributed by atoms with Gasteiger partial charge in [0.25, 0.3) is 0 Å². The molecule has 1 amide bonds. The molecule has 0 saturated carbocycles. The quantitative estimate of drug-likeness (QED) is 0.887. The average Bonchev–Trinajstić information content (AvgIpc) is 3.23. The molecular weight excluding hydrogens is 354 g/mol. The Morgan fingerprint density at radius 3 is 2.81 bits per heavy atom. The summed E-state index contributed by atoms with van der Waals surface area (Å²) in [5.41, 5.74) is 1.60. The van der Waals surface area contributed by atoms with Crippen LogP contribution in [0.5, 0.6) is 0 Å². The number of rotatable bonds is 3. The number of carboxylic acid groups (broad SMARTS) is 1. The van der Waals surface area contributed by atoms with Gasteiger partial charge < -0.3 is 14.7 Å². The Bertz CT molecular complexity index is 848. The van der Waals surface area contributed by atoms with Crippen molar-refractivity contribution in [2.24, 2.45) is 0 Å². The minimum absolute atomic E-state index is 0.0514. The van der Waals surface area contributed by atoms with E-state index in [1.807, 2.05) is 18.0 Å². The number of aromatic nitrogens is 2. The monoisotopic (exact) mass is 375 g/mol. The molecule has 7 nitrogen and oxygen atoms in total. The van der Waals surface area contributed by atoms with Crippen LogP contribution in [-0.4, -0.2) is 51.4 Å². The Kier molecular flexibility index (Phi) is 4.32. The third kappa shape index (κ3) is 3.03. The Hall–Kier alpha value is -2.19. The number of hydrogen-bond donors (Lipinski definition) is 1. The Balaban J connectivity index is 1.46. The van der Waals surface area contributed by atoms with Gasteiger partial charge in [0, 0.05) is 30.6 Å². The van der Waals surface area contributed by atoms with Crippen LogP contribution in [0.1, 0.15) is 38.5 Å². The number of likely N-dealkylation sites (tertiary alicyclic amines) is 1. The van der Waals surface area contributed by atoms with E-state index in [0.29, 0.717) is 37.4 Å². The maximum Gasteiger partial charge on any atom is 0.345 e. The number of ether oxygens (including phenoxy) is 1. The molecule has 1 spiro atoms. The predicted octanol–water partition coefficient (Wildman–Crippen LogP) is 2.04. The highest BCUT2D eigenvalue weighted by atomic mass is 32.1. The van der Waals surface area contributed by atoms with Gasteiger partial charge in [0.05, 0.1) is 18.4 Å². The van der Waals surface area contributed by atoms with E-state index in [0.717, 1.165) is 22.4 Å². The molecule has 1 fully saturated rings. The molecule has 2 aromatic heterocycles. The van der Waals surface area contributed by atoms with Crippen molar-refractivity contribution in [3.8, 4) is 0 Å². The third-order valence-corrected chi connectivity index (χ3v) is 6.38. The number of nitrogens with zero attached hydrogens (tertiary/aromatic N) is 3. The minimum atomic E-state index is -0.887. The predicted molar refractivity (Wildman–Crippen MR) is 95.4 cm³/mol. The van der Waals surface area contributed by atoms with E-state index in [-0.39, 0.29) is 12.5 Å². The van der Waals surface area contributed by atoms with Gasteiger partial charge >= 0.3 is 5.97 Å². The summed E-state index contributed by atoms with van der Waals surface area (Å²) in [4.78, 5) is 27.2. The van der Waals surface area contributed by atoms with Crippen molar-refractivity contribution in [1.29, 1.82) is 0 Å². The summed E-state index contributed by atoms with van der Waals surface area (Å²) in [6, 6.07) is 1.77. The number of aromatic carboxylic acids is 1. The molecule has 2 aromatic rings. The van der Waals surface area contributed by atoms with Crippen molar-refractivity contribution < 1.29 is 19.4 Å². The van der Waals surface area contributed by atoms with Gasteiger partial charge in [-0.15, -0.1) is 11.3 Å². The van der Waals surface area contributed by atoms with E-state index in [4.69, 9.17) is 4.74 Å². The average molecular weight is 375 g/mol. The molecule has 0 aliphatic carbocycles. The molecule has 1 saturated heterocycles. The van der Waals surface area contributed by atoms with Crippen LogP contribution in [0.3, 0.4) is 0 Å². The van der Waals surface area contributed by atoms with Gasteiger partial charge in [-0.25, -0.2) is 4.79 Å². The van der Waals surface area contributed by atoms with Gasteiger partial charge in [-0.2, -0.15) is 5.10 Å². The van der Waals surface area contributed by atoms with Gasteiger partial charge in [0.15, 0.2) is 0 Å². The fourth-order valence-corrected chi connectivity index (χ4v) is 4.92. The highest BCUT2D eigenvalue weighted by Crippen LogP contribution is 2.44. The Morgan fingerprint density at radius 1 is 1.38 bits per heavy atom. The molecule has 2 aliphatic heterocycles. The molecule has 2 aliphatic rings. The summed E-state index contributed by atoms with van der Waals surface area (Å²) >= 11 is 1.35. The Morgan fingerprint density at radius 2 is 2.15 bits per heavy atom. The summed E-state index contributed by atoms with van der Waals surface area (Å²) < 4.78 is 7.80. The first-order chi connectivity index (χ1) is 12.5. The largest absolute Gasteiger partial charge is 0.477 e. The zero-order chi connectivity index (χ0) is 18.3. The van der Waals surface area contributed by atoms with E-state index in [2.05, 4.69) is 5.10 Å². The number of piperidine rings is 1. The second-order valence-corrected chi connectivity index (χ2v) is 8.08. The van der Waals surface area contributed by atoms with Crippen LogP contribution in [0.2, 0.25) is 0 Å². The molecule has 0 unspecified atom stereocenters. The van der Waals surface area contributed by atoms with Crippen molar-refractivity contribution in [1.82, 2.24) is 14.7 Å². The molecular formula is C18H21N3O4S. The molecule has 1 N–H and O–H groups in total. The first kappa shape index (κ1) is 17.2. The summed E-state index contributed by atoms with van der Waals surface area (Å²) in [6.45, 7) is 4.01. The van der Waals surface area contributed by atoms with Crippen LogP contribution >= 0.6 is 11.3 Å². The second kappa shape index (κ2) is 6.51. The fraction of sp³-hybridized carbons (Fsp3) is 0.500. The number of carboxylic acids is 1. The van der Waals surface area contributed by atoms with Crippen LogP contribution in [0.25, 0.3) is 0 Å². The molecule has 0 atom stereocenters. The normalized spacial score (nSPS) is 18.7. The molecule has 8 heteroatoms. The number of hydrogen-bond acceptors (Lipinski definition) is 5. The number of carbonyl (C=O) groups excluding carboxylic acids is 1. The van der Waals surface area contributed by atoms with E-state index >= 15 is 0 Å². The highest BCUT2D eigenvalue weighted by molar-refractivity contribution is 7.14. The lowest BCUT2D eigenvalue weighted by Gasteiger charge is -2.44. The maximum atomic E-state index is 12.5. The number of amides is 1. The molecule has 4 rings (SSSR count). The van der Waals surface area contributed by atoms with Gasteiger partial charge in [-0.1, -0.05) is 0 Å². The zero-order valence-corrected chi connectivity index (χ0v) is 15.4. The van der Waals surface area contributed by atoms with Crippen molar-refractivity contribution in [2.45, 2.75) is 38.3 Å². The lowest BCUT2D eigenvalue weighted by Crippen LogP contribution is -2.48. The van der Waals surface area contributed by atoms with Crippen LogP contribution < -0.4 is 0 Å². The van der Waals surface area contributed by atoms with E-state index in [9.17, 15) is 14.7 Å². The van der Waals surface area contributed by atoms with E-state index < -0.39 is 11.6 Å². The molecule has 138 valence electrons. The topological polar surface area (TPSA) is 84.7 Å². The van der Waals surface area contributed by atoms with E-state index in [1.165, 1.54) is 11.3 Å². The lowest BCUT2D eigenvalue weighted by atomic mass is 9.82. The molecule has 0 radical (unpaired) electrons. The highest BCUT2D eigenvalue weighted by Gasteiger charge is 2.43. The zero-order valence-electron chi connectivity index (χ0n) is 14.6. The molecule has 0 bridgehead atoms. The summed E-state index contributed by atoms with van der Waals surface area (Å²) in [5.74, 6) is -0.836. The number of thiophene rings is 1. The van der Waals surface area contributed by atoms with Crippen molar-refractivity contribution >= 4 is 23.2 Å². The van der Waals surface area contributed by atoms with Crippen LogP contribution in [0.15, 0.2) is 18.5 Å². The standard InChI is InChI=1S/C18H21N3O4S/c1-12-9-19-21(10-12)11-16(22)20-5-3-18(4-6-20)13-8-15(17(23)24)26-14(13)2-7-25-18/h8-10H,2-7,11H2,1H3,(H,23,24). The summed E-state index contributed by atoms with van der Waals surface area (Å²) in [7, 11) is 0. The van der Waals surface area contributed by atoms with Gasteiger partial charge in [0.2, 0.25) is 5.91 Å². The van der Waals surface area contributed by atoms with Crippen molar-refractivity contribution in [2.75, 3.05) is 19.7 Å². The number of fused-ring (bicyclic) bond motifs is 2. The molecule has 26 heavy (non-hydrogen) atoms. The fourth-order valence-electron chi connectivity index (χ4n) is 3.85. The van der Waals surface area contributed by atoms with E-state index in [1.54, 1.807) is 16.9 Å². The lowest BCUT2D eigenvalue weighted by molar-refractivity contribution is -0.141. The van der Waals surface area contributed by atoms with Crippen molar-refractivity contribution in [3.05, 3.63) is 39.3 Å². The number of aryl methyl sites for hydroxylation is 1. The third-order valence-electron chi connectivity index (χ3n) is 5.20. The van der Waals surface area contributed by atoms with Crippen molar-refractivity contribution in [3.63, 3.8) is 0 Å². The first-order valence-corrected chi connectivity index (χ1v) is 9.56. The maximum absolute atomic E-state index is 12.5. The number of carbonyl (C=O) groups is 2. The van der Waals surface area contributed by atoms with Gasteiger partial charge in [0.1, 0.15) is 11.4 Å². The minimum Gasteiger partial charge on any atom is -0.477 e. The first-order valence-electron chi connectivity index (χ1n) is 8.74. The van der Waals surface area contributed by atoms with Crippen LogP contribution in [0, 0.1) is 6.92 Å². The smallest absolute Gasteiger partial charge is 0.345 e. The summed E-state index contributed by atoms with van der Waals surface area (Å²) in [5, 5.41) is 13.5. The van der Waals surface area contributed by atoms with Crippen LogP contribution in [-0.2, 0) is 28.1 Å². The SMILES string of the molecule is Cc1cnn(CC(=O)N2CCC3(CC2)OCCc2sc(C(=O)O)cc23)c1. The van der Waals surface area contributed by atoms with Gasteiger partial charge in [-0.05, 0) is 37.0 Å². The Labute approximate surface area is 155 Å². The summed E-state index contributed by atoms with van der Waals surface area (Å²) in [6.07, 6.45) is 5.75. The second-order valence-electron chi connectivity index (χ2n) is 6.94.